The Morgan fingerprint density at radius 2 is 2.00 bits per heavy atom. The molecule has 1 saturated heterocycles. The molecular weight excluding hydrogens is 288 g/mol. The summed E-state index contributed by atoms with van der Waals surface area (Å²) < 4.78 is 1.15. The first kappa shape index (κ1) is 14.0. The van der Waals surface area contributed by atoms with Crippen LogP contribution in [0.3, 0.4) is 0 Å². The fourth-order valence-corrected chi connectivity index (χ4v) is 3.07. The van der Waals surface area contributed by atoms with Crippen LogP contribution in [0.2, 0.25) is 0 Å². The molecule has 100 valence electrons. The molecule has 1 atom stereocenters. The summed E-state index contributed by atoms with van der Waals surface area (Å²) in [7, 11) is 2.21. The van der Waals surface area contributed by atoms with Gasteiger partial charge in [0.1, 0.15) is 0 Å². The van der Waals surface area contributed by atoms with Crippen molar-refractivity contribution in [2.75, 3.05) is 20.1 Å². The summed E-state index contributed by atoms with van der Waals surface area (Å²) in [4.78, 5) is 2.42. The van der Waals surface area contributed by atoms with Crippen molar-refractivity contribution >= 4 is 15.9 Å². The minimum Gasteiger partial charge on any atom is -0.310 e. The Labute approximate surface area is 119 Å². The van der Waals surface area contributed by atoms with Crippen molar-refractivity contribution in [2.24, 2.45) is 0 Å². The Balaban J connectivity index is 1.87. The summed E-state index contributed by atoms with van der Waals surface area (Å²) in [5, 5.41) is 3.67. The Kier molecular flexibility index (Phi) is 4.82. The first-order chi connectivity index (χ1) is 8.57. The molecule has 1 heterocycles. The zero-order chi connectivity index (χ0) is 13.0. The zero-order valence-corrected chi connectivity index (χ0v) is 13.0. The highest BCUT2D eigenvalue weighted by atomic mass is 79.9. The smallest absolute Gasteiger partial charge is 0.0280 e. The van der Waals surface area contributed by atoms with Crippen LogP contribution in [0.5, 0.6) is 0 Å². The second kappa shape index (κ2) is 6.18. The third-order valence-corrected chi connectivity index (χ3v) is 4.22. The number of rotatable bonds is 4. The quantitative estimate of drug-likeness (QED) is 0.917. The summed E-state index contributed by atoms with van der Waals surface area (Å²) in [5.74, 6) is 0. The molecule has 3 heteroatoms. The van der Waals surface area contributed by atoms with Crippen molar-refractivity contribution in [2.45, 2.75) is 38.3 Å². The van der Waals surface area contributed by atoms with E-state index in [1.54, 1.807) is 0 Å². The first-order valence-electron chi connectivity index (χ1n) is 6.75. The van der Waals surface area contributed by atoms with Gasteiger partial charge >= 0.3 is 0 Å². The topological polar surface area (TPSA) is 15.3 Å². The molecule has 18 heavy (non-hydrogen) atoms. The maximum Gasteiger partial charge on any atom is 0.0280 e. The van der Waals surface area contributed by atoms with Crippen LogP contribution in [0, 0.1) is 0 Å². The number of nitrogens with zero attached hydrogens (tertiary/aromatic N) is 1. The van der Waals surface area contributed by atoms with Gasteiger partial charge in [0.05, 0.1) is 0 Å². The third kappa shape index (κ3) is 4.08. The Bertz CT molecular complexity index is 369. The lowest BCUT2D eigenvalue weighted by molar-refractivity contribution is 0.183. The third-order valence-electron chi connectivity index (χ3n) is 3.69. The lowest BCUT2D eigenvalue weighted by Gasteiger charge is -2.38. The molecule has 0 spiro atoms. The lowest BCUT2D eigenvalue weighted by atomic mass is 9.90. The standard InChI is InChI=1S/C15H23BrN2/c1-15(9-3-4-10-17-15)12-18(2)11-13-5-7-14(16)8-6-13/h5-8,17H,3-4,9-12H2,1-2H3. The van der Waals surface area contributed by atoms with Gasteiger partial charge in [0.15, 0.2) is 0 Å². The molecule has 1 aromatic rings. The second-order valence-electron chi connectivity index (χ2n) is 5.74. The summed E-state index contributed by atoms with van der Waals surface area (Å²) in [6.45, 7) is 5.65. The molecule has 1 aliphatic rings. The van der Waals surface area contributed by atoms with Gasteiger partial charge in [-0.05, 0) is 51.1 Å². The molecular formula is C15H23BrN2. The van der Waals surface area contributed by atoms with Gasteiger partial charge in [-0.15, -0.1) is 0 Å². The first-order valence-corrected chi connectivity index (χ1v) is 7.55. The molecule has 0 aromatic heterocycles. The van der Waals surface area contributed by atoms with Crippen LogP contribution in [-0.2, 0) is 6.54 Å². The van der Waals surface area contributed by atoms with E-state index in [0.29, 0.717) is 5.54 Å². The highest BCUT2D eigenvalue weighted by Crippen LogP contribution is 2.20. The van der Waals surface area contributed by atoms with Gasteiger partial charge in [0.25, 0.3) is 0 Å². The number of hydrogen-bond donors (Lipinski definition) is 1. The molecule has 0 amide bonds. The van der Waals surface area contributed by atoms with Crippen LogP contribution in [0.4, 0.5) is 0 Å². The van der Waals surface area contributed by atoms with Crippen LogP contribution in [0.25, 0.3) is 0 Å². The molecule has 1 N–H and O–H groups in total. The van der Waals surface area contributed by atoms with E-state index in [1.807, 2.05) is 0 Å². The number of nitrogens with one attached hydrogen (secondary N) is 1. The van der Waals surface area contributed by atoms with Crippen LogP contribution in [-0.4, -0.2) is 30.6 Å². The number of halogens is 1. The predicted molar refractivity (Wildman–Crippen MR) is 80.7 cm³/mol. The highest BCUT2D eigenvalue weighted by molar-refractivity contribution is 9.10. The zero-order valence-electron chi connectivity index (χ0n) is 11.4. The molecule has 2 nitrogen and oxygen atoms in total. The monoisotopic (exact) mass is 310 g/mol. The Morgan fingerprint density at radius 3 is 2.61 bits per heavy atom. The molecule has 0 radical (unpaired) electrons. The van der Waals surface area contributed by atoms with Gasteiger partial charge in [-0.25, -0.2) is 0 Å². The summed E-state index contributed by atoms with van der Waals surface area (Å²) in [6, 6.07) is 8.61. The average molecular weight is 311 g/mol. The van der Waals surface area contributed by atoms with Gasteiger partial charge in [-0.3, -0.25) is 0 Å². The van der Waals surface area contributed by atoms with Crippen LogP contribution in [0.1, 0.15) is 31.7 Å². The Hall–Kier alpha value is -0.380. The van der Waals surface area contributed by atoms with E-state index >= 15 is 0 Å². The minimum atomic E-state index is 0.294. The number of hydrogen-bond acceptors (Lipinski definition) is 2. The van der Waals surface area contributed by atoms with Crippen LogP contribution in [0.15, 0.2) is 28.7 Å². The van der Waals surface area contributed by atoms with Gasteiger partial charge in [-0.1, -0.05) is 34.5 Å². The van der Waals surface area contributed by atoms with Crippen molar-refractivity contribution in [3.8, 4) is 0 Å². The molecule has 0 saturated carbocycles. The largest absolute Gasteiger partial charge is 0.310 e. The highest BCUT2D eigenvalue weighted by Gasteiger charge is 2.27. The van der Waals surface area contributed by atoms with E-state index < -0.39 is 0 Å². The minimum absolute atomic E-state index is 0.294. The van der Waals surface area contributed by atoms with Crippen molar-refractivity contribution < 1.29 is 0 Å². The Morgan fingerprint density at radius 1 is 1.28 bits per heavy atom. The number of piperidine rings is 1. The number of likely N-dealkylation sites (N-methyl/N-ethyl adjacent to an activating group) is 1. The molecule has 1 aliphatic heterocycles. The fraction of sp³-hybridized carbons (Fsp3) is 0.600. The van der Waals surface area contributed by atoms with Crippen molar-refractivity contribution in [1.29, 1.82) is 0 Å². The molecule has 1 aromatic carbocycles. The van der Waals surface area contributed by atoms with E-state index in [4.69, 9.17) is 0 Å². The molecule has 1 fully saturated rings. The normalized spacial score (nSPS) is 24.4. The lowest BCUT2D eigenvalue weighted by Crippen LogP contribution is -2.52. The van der Waals surface area contributed by atoms with Gasteiger partial charge in [0, 0.05) is 23.1 Å². The van der Waals surface area contributed by atoms with Crippen molar-refractivity contribution in [3.63, 3.8) is 0 Å². The second-order valence-corrected chi connectivity index (χ2v) is 6.66. The molecule has 2 rings (SSSR count). The predicted octanol–water partition coefficient (Wildman–Crippen LogP) is 3.41. The maximum absolute atomic E-state index is 3.67. The fourth-order valence-electron chi connectivity index (χ4n) is 2.81. The SMILES string of the molecule is CN(Cc1ccc(Br)cc1)CC1(C)CCCCN1. The van der Waals surface area contributed by atoms with E-state index in [-0.39, 0.29) is 0 Å². The van der Waals surface area contributed by atoms with E-state index in [2.05, 4.69) is 64.4 Å². The van der Waals surface area contributed by atoms with Crippen molar-refractivity contribution in [1.82, 2.24) is 10.2 Å². The van der Waals surface area contributed by atoms with Crippen LogP contribution >= 0.6 is 15.9 Å². The average Bonchev–Trinajstić information content (AvgIpc) is 2.32. The van der Waals surface area contributed by atoms with E-state index in [9.17, 15) is 0 Å². The van der Waals surface area contributed by atoms with Crippen molar-refractivity contribution in [3.05, 3.63) is 34.3 Å². The molecule has 0 bridgehead atoms. The van der Waals surface area contributed by atoms with E-state index in [0.717, 1.165) is 17.6 Å². The summed E-state index contributed by atoms with van der Waals surface area (Å²) in [6.07, 6.45) is 3.97. The molecule has 0 aliphatic carbocycles. The number of benzene rings is 1. The van der Waals surface area contributed by atoms with Crippen LogP contribution < -0.4 is 5.32 Å². The summed E-state index contributed by atoms with van der Waals surface area (Å²) in [5.41, 5.74) is 1.67. The van der Waals surface area contributed by atoms with E-state index in [1.165, 1.54) is 31.4 Å². The summed E-state index contributed by atoms with van der Waals surface area (Å²) >= 11 is 3.48. The maximum atomic E-state index is 3.67. The van der Waals surface area contributed by atoms with Gasteiger partial charge < -0.3 is 10.2 Å². The molecule has 1 unspecified atom stereocenters. The van der Waals surface area contributed by atoms with Gasteiger partial charge in [-0.2, -0.15) is 0 Å². The van der Waals surface area contributed by atoms with Gasteiger partial charge in [0.2, 0.25) is 0 Å².